The summed E-state index contributed by atoms with van der Waals surface area (Å²) in [5.41, 5.74) is -0.184. The first kappa shape index (κ1) is 14.9. The second kappa shape index (κ2) is 5.82. The highest BCUT2D eigenvalue weighted by molar-refractivity contribution is 7.89. The van der Waals surface area contributed by atoms with E-state index in [9.17, 15) is 8.42 Å². The van der Waals surface area contributed by atoms with Crippen LogP contribution in [0, 0.1) is 5.41 Å². The van der Waals surface area contributed by atoms with Crippen molar-refractivity contribution in [3.05, 3.63) is 0 Å². The number of hydrogen-bond donors (Lipinski definition) is 1. The molecular formula is C10H24N2O2S. The Morgan fingerprint density at radius 3 is 2.20 bits per heavy atom. The smallest absolute Gasteiger partial charge is 0.214 e. The van der Waals surface area contributed by atoms with E-state index < -0.39 is 10.0 Å². The Balaban J connectivity index is 4.21. The predicted octanol–water partition coefficient (Wildman–Crippen LogP) is 0.904. The standard InChI is InChI=1S/C10H24N2O2S/c1-10(2,3)9-15(13,14)12(5)8-6-7-11-4/h11H,6-9H2,1-5H3. The molecule has 0 aromatic heterocycles. The zero-order valence-corrected chi connectivity index (χ0v) is 11.3. The van der Waals surface area contributed by atoms with Crippen LogP contribution in [0.1, 0.15) is 27.2 Å². The van der Waals surface area contributed by atoms with Gasteiger partial charge in [0, 0.05) is 13.6 Å². The van der Waals surface area contributed by atoms with Crippen molar-refractivity contribution in [2.24, 2.45) is 5.41 Å². The molecule has 4 nitrogen and oxygen atoms in total. The van der Waals surface area contributed by atoms with Gasteiger partial charge in [0.2, 0.25) is 10.0 Å². The molecule has 92 valence electrons. The van der Waals surface area contributed by atoms with Crippen molar-refractivity contribution in [2.75, 3.05) is 32.9 Å². The number of nitrogens with one attached hydrogen (secondary N) is 1. The minimum atomic E-state index is -3.09. The van der Waals surface area contributed by atoms with Crippen LogP contribution in [0.3, 0.4) is 0 Å². The van der Waals surface area contributed by atoms with Crippen LogP contribution < -0.4 is 5.32 Å². The Labute approximate surface area is 94.1 Å². The lowest BCUT2D eigenvalue weighted by Crippen LogP contribution is -2.35. The minimum absolute atomic E-state index is 0.184. The fraction of sp³-hybridized carbons (Fsp3) is 1.00. The molecule has 0 spiro atoms. The number of rotatable bonds is 6. The Bertz CT molecular complexity index is 268. The third-order valence-electron chi connectivity index (χ3n) is 1.99. The molecule has 0 radical (unpaired) electrons. The highest BCUT2D eigenvalue weighted by atomic mass is 32.2. The number of nitrogens with zero attached hydrogens (tertiary/aromatic N) is 1. The van der Waals surface area contributed by atoms with E-state index in [1.54, 1.807) is 7.05 Å². The van der Waals surface area contributed by atoms with Crippen LogP contribution >= 0.6 is 0 Å². The van der Waals surface area contributed by atoms with Gasteiger partial charge in [0.15, 0.2) is 0 Å². The maximum absolute atomic E-state index is 11.8. The first-order chi connectivity index (χ1) is 6.69. The van der Waals surface area contributed by atoms with Gasteiger partial charge in [-0.15, -0.1) is 0 Å². The molecule has 0 heterocycles. The van der Waals surface area contributed by atoms with Crippen molar-refractivity contribution in [1.82, 2.24) is 9.62 Å². The van der Waals surface area contributed by atoms with Crippen molar-refractivity contribution in [1.29, 1.82) is 0 Å². The van der Waals surface area contributed by atoms with E-state index >= 15 is 0 Å². The van der Waals surface area contributed by atoms with E-state index in [0.717, 1.165) is 13.0 Å². The van der Waals surface area contributed by atoms with E-state index in [1.807, 2.05) is 27.8 Å². The van der Waals surface area contributed by atoms with E-state index in [4.69, 9.17) is 0 Å². The minimum Gasteiger partial charge on any atom is -0.320 e. The van der Waals surface area contributed by atoms with Crippen LogP contribution in [0.15, 0.2) is 0 Å². The second-order valence-corrected chi connectivity index (χ2v) is 7.17. The van der Waals surface area contributed by atoms with Crippen LogP contribution in [0.25, 0.3) is 0 Å². The first-order valence-electron chi connectivity index (χ1n) is 5.28. The van der Waals surface area contributed by atoms with E-state index in [-0.39, 0.29) is 11.2 Å². The Morgan fingerprint density at radius 2 is 1.80 bits per heavy atom. The Morgan fingerprint density at radius 1 is 1.27 bits per heavy atom. The summed E-state index contributed by atoms with van der Waals surface area (Å²) < 4.78 is 25.1. The quantitative estimate of drug-likeness (QED) is 0.697. The van der Waals surface area contributed by atoms with Gasteiger partial charge in [-0.25, -0.2) is 12.7 Å². The highest BCUT2D eigenvalue weighted by Crippen LogP contribution is 2.17. The number of sulfonamides is 1. The Hall–Kier alpha value is -0.130. The normalized spacial score (nSPS) is 13.5. The monoisotopic (exact) mass is 236 g/mol. The SMILES string of the molecule is CNCCCN(C)S(=O)(=O)CC(C)(C)C. The molecule has 0 aromatic carbocycles. The summed E-state index contributed by atoms with van der Waals surface area (Å²) in [5, 5.41) is 3.00. The number of hydrogen-bond acceptors (Lipinski definition) is 3. The summed E-state index contributed by atoms with van der Waals surface area (Å²) >= 11 is 0. The molecule has 1 N–H and O–H groups in total. The fourth-order valence-corrected chi connectivity index (χ4v) is 3.00. The van der Waals surface area contributed by atoms with Gasteiger partial charge in [0.25, 0.3) is 0 Å². The molecule has 0 aliphatic rings. The molecule has 0 unspecified atom stereocenters. The van der Waals surface area contributed by atoms with E-state index in [0.29, 0.717) is 6.54 Å². The summed E-state index contributed by atoms with van der Waals surface area (Å²) in [6, 6.07) is 0. The lowest BCUT2D eigenvalue weighted by atomic mass is 10.0. The zero-order valence-electron chi connectivity index (χ0n) is 10.5. The molecule has 0 saturated heterocycles. The molecule has 0 atom stereocenters. The molecule has 0 amide bonds. The summed E-state index contributed by atoms with van der Waals surface area (Å²) in [6.07, 6.45) is 0.844. The zero-order chi connectivity index (χ0) is 12.1. The first-order valence-corrected chi connectivity index (χ1v) is 6.88. The maximum Gasteiger partial charge on any atom is 0.214 e. The van der Waals surface area contributed by atoms with Crippen LogP contribution in [-0.2, 0) is 10.0 Å². The molecule has 5 heteroatoms. The third kappa shape index (κ3) is 6.87. The van der Waals surface area contributed by atoms with Gasteiger partial charge in [-0.2, -0.15) is 0 Å². The third-order valence-corrected chi connectivity index (χ3v) is 4.35. The molecule has 15 heavy (non-hydrogen) atoms. The van der Waals surface area contributed by atoms with Gasteiger partial charge in [0.1, 0.15) is 0 Å². The molecule has 0 bridgehead atoms. The molecule has 0 saturated carbocycles. The highest BCUT2D eigenvalue weighted by Gasteiger charge is 2.24. The van der Waals surface area contributed by atoms with Crippen molar-refractivity contribution < 1.29 is 8.42 Å². The Kier molecular flexibility index (Phi) is 5.77. The average Bonchev–Trinajstić information content (AvgIpc) is 2.00. The molecular weight excluding hydrogens is 212 g/mol. The van der Waals surface area contributed by atoms with Crippen LogP contribution in [0.4, 0.5) is 0 Å². The van der Waals surface area contributed by atoms with Crippen LogP contribution in [-0.4, -0.2) is 45.7 Å². The van der Waals surface area contributed by atoms with Gasteiger partial charge in [-0.05, 0) is 25.4 Å². The maximum atomic E-state index is 11.8. The van der Waals surface area contributed by atoms with Gasteiger partial charge in [0.05, 0.1) is 5.75 Å². The van der Waals surface area contributed by atoms with Gasteiger partial charge in [-0.3, -0.25) is 0 Å². The van der Waals surface area contributed by atoms with Crippen molar-refractivity contribution >= 4 is 10.0 Å². The topological polar surface area (TPSA) is 49.4 Å². The fourth-order valence-electron chi connectivity index (χ4n) is 1.27. The average molecular weight is 236 g/mol. The summed E-state index contributed by atoms with van der Waals surface area (Å²) in [5.74, 6) is 0.204. The van der Waals surface area contributed by atoms with Crippen molar-refractivity contribution in [2.45, 2.75) is 27.2 Å². The molecule has 0 rings (SSSR count). The van der Waals surface area contributed by atoms with Crippen LogP contribution in [0.2, 0.25) is 0 Å². The van der Waals surface area contributed by atoms with Crippen LogP contribution in [0.5, 0.6) is 0 Å². The van der Waals surface area contributed by atoms with Crippen molar-refractivity contribution in [3.8, 4) is 0 Å². The molecule has 0 aliphatic heterocycles. The summed E-state index contributed by atoms with van der Waals surface area (Å²) in [6.45, 7) is 7.23. The van der Waals surface area contributed by atoms with E-state index in [2.05, 4.69) is 5.32 Å². The molecule has 0 fully saturated rings. The summed E-state index contributed by atoms with van der Waals surface area (Å²) in [4.78, 5) is 0. The lowest BCUT2D eigenvalue weighted by Gasteiger charge is -2.23. The van der Waals surface area contributed by atoms with Gasteiger partial charge >= 0.3 is 0 Å². The molecule has 0 aliphatic carbocycles. The van der Waals surface area contributed by atoms with Gasteiger partial charge < -0.3 is 5.32 Å². The summed E-state index contributed by atoms with van der Waals surface area (Å²) in [7, 11) is 0.421. The second-order valence-electron chi connectivity index (χ2n) is 5.10. The lowest BCUT2D eigenvalue weighted by molar-refractivity contribution is 0.417. The van der Waals surface area contributed by atoms with Crippen molar-refractivity contribution in [3.63, 3.8) is 0 Å². The van der Waals surface area contributed by atoms with E-state index in [1.165, 1.54) is 4.31 Å². The predicted molar refractivity (Wildman–Crippen MR) is 64.4 cm³/mol. The molecule has 0 aromatic rings. The largest absolute Gasteiger partial charge is 0.320 e. The van der Waals surface area contributed by atoms with Gasteiger partial charge in [-0.1, -0.05) is 20.8 Å².